The number of nitrogens with one attached hydrogen (secondary N) is 2. The standard InChI is InChI=1S/C23H19FN4O3S/c1-16-11-12-17(15-21(16)27-32(30,31)18-7-3-2-4-8-18)25-23(29)20-13-14-28(26-20)22-10-6-5-9-19(22)24/h2-15,27H,1H3,(H,25,29). The number of aryl methyl sites for hydroxylation is 1. The minimum absolute atomic E-state index is 0.0836. The van der Waals surface area contributed by atoms with E-state index >= 15 is 0 Å². The van der Waals surface area contributed by atoms with Crippen LogP contribution >= 0.6 is 0 Å². The van der Waals surface area contributed by atoms with Gasteiger partial charge in [-0.15, -0.1) is 0 Å². The molecule has 7 nitrogen and oxygen atoms in total. The monoisotopic (exact) mass is 450 g/mol. The maximum absolute atomic E-state index is 14.0. The first kappa shape index (κ1) is 21.3. The number of nitrogens with zero attached hydrogens (tertiary/aromatic N) is 2. The molecule has 0 aliphatic heterocycles. The van der Waals surface area contributed by atoms with Crippen LogP contribution in [-0.2, 0) is 10.0 Å². The quantitative estimate of drug-likeness (QED) is 0.456. The Morgan fingerprint density at radius 2 is 1.69 bits per heavy atom. The molecule has 4 aromatic rings. The number of rotatable bonds is 6. The number of para-hydroxylation sites is 1. The van der Waals surface area contributed by atoms with Gasteiger partial charge in [0.2, 0.25) is 0 Å². The molecular weight excluding hydrogens is 431 g/mol. The third-order valence-corrected chi connectivity index (χ3v) is 6.10. The predicted molar refractivity (Wildman–Crippen MR) is 120 cm³/mol. The molecule has 0 radical (unpaired) electrons. The van der Waals surface area contributed by atoms with Gasteiger partial charge in [-0.3, -0.25) is 9.52 Å². The van der Waals surface area contributed by atoms with Crippen LogP contribution in [0.2, 0.25) is 0 Å². The van der Waals surface area contributed by atoms with E-state index in [4.69, 9.17) is 0 Å². The number of halogens is 1. The fourth-order valence-electron chi connectivity index (χ4n) is 3.02. The van der Waals surface area contributed by atoms with E-state index in [0.717, 1.165) is 0 Å². The first-order valence-electron chi connectivity index (χ1n) is 9.64. The summed E-state index contributed by atoms with van der Waals surface area (Å²) in [6.45, 7) is 1.75. The van der Waals surface area contributed by atoms with Gasteiger partial charge in [0.1, 0.15) is 11.5 Å². The summed E-state index contributed by atoms with van der Waals surface area (Å²) >= 11 is 0. The molecule has 1 aromatic heterocycles. The molecule has 0 unspecified atom stereocenters. The predicted octanol–water partition coefficient (Wildman–Crippen LogP) is 4.37. The molecule has 0 fully saturated rings. The maximum Gasteiger partial charge on any atom is 0.276 e. The Hall–Kier alpha value is -3.98. The van der Waals surface area contributed by atoms with Crippen LogP contribution in [0.15, 0.2) is 90.0 Å². The molecule has 0 aliphatic carbocycles. The van der Waals surface area contributed by atoms with Crippen molar-refractivity contribution in [3.05, 3.63) is 102 Å². The molecule has 0 aliphatic rings. The zero-order valence-electron chi connectivity index (χ0n) is 17.0. The van der Waals surface area contributed by atoms with Crippen molar-refractivity contribution >= 4 is 27.3 Å². The first-order valence-corrected chi connectivity index (χ1v) is 11.1. The van der Waals surface area contributed by atoms with E-state index in [2.05, 4.69) is 15.1 Å². The minimum atomic E-state index is -3.78. The Bertz CT molecular complexity index is 1390. The average Bonchev–Trinajstić information content (AvgIpc) is 3.27. The highest BCUT2D eigenvalue weighted by molar-refractivity contribution is 7.92. The molecule has 1 amide bonds. The van der Waals surface area contributed by atoms with E-state index in [-0.39, 0.29) is 16.3 Å². The molecule has 0 atom stereocenters. The van der Waals surface area contributed by atoms with Crippen LogP contribution in [0.3, 0.4) is 0 Å². The number of carbonyl (C=O) groups is 1. The number of aromatic nitrogens is 2. The third-order valence-electron chi connectivity index (χ3n) is 4.71. The number of hydrogen-bond acceptors (Lipinski definition) is 4. The topological polar surface area (TPSA) is 93.1 Å². The van der Waals surface area contributed by atoms with Crippen LogP contribution in [0.25, 0.3) is 5.69 Å². The van der Waals surface area contributed by atoms with Crippen LogP contribution in [0.1, 0.15) is 16.1 Å². The van der Waals surface area contributed by atoms with Gasteiger partial charge in [-0.05, 0) is 55.0 Å². The van der Waals surface area contributed by atoms with E-state index in [1.54, 1.807) is 55.5 Å². The Labute approximate surface area is 184 Å². The average molecular weight is 450 g/mol. The lowest BCUT2D eigenvalue weighted by Crippen LogP contribution is -2.15. The van der Waals surface area contributed by atoms with Gasteiger partial charge in [0, 0.05) is 11.9 Å². The number of hydrogen-bond donors (Lipinski definition) is 2. The Kier molecular flexibility index (Phi) is 5.74. The Balaban J connectivity index is 1.53. The van der Waals surface area contributed by atoms with Crippen molar-refractivity contribution in [2.75, 3.05) is 10.0 Å². The van der Waals surface area contributed by atoms with Crippen molar-refractivity contribution in [3.63, 3.8) is 0 Å². The molecule has 9 heteroatoms. The summed E-state index contributed by atoms with van der Waals surface area (Å²) in [5.74, 6) is -0.975. The van der Waals surface area contributed by atoms with Crippen LogP contribution in [0, 0.1) is 12.7 Å². The summed E-state index contributed by atoms with van der Waals surface area (Å²) in [5.41, 5.74) is 1.71. The summed E-state index contributed by atoms with van der Waals surface area (Å²) in [7, 11) is -3.78. The van der Waals surface area contributed by atoms with Gasteiger partial charge in [-0.25, -0.2) is 17.5 Å². The second-order valence-electron chi connectivity index (χ2n) is 7.00. The van der Waals surface area contributed by atoms with E-state index in [9.17, 15) is 17.6 Å². The fourth-order valence-corrected chi connectivity index (χ4v) is 4.17. The maximum atomic E-state index is 14.0. The second-order valence-corrected chi connectivity index (χ2v) is 8.68. The molecule has 3 aromatic carbocycles. The zero-order valence-corrected chi connectivity index (χ0v) is 17.8. The summed E-state index contributed by atoms with van der Waals surface area (Å²) in [4.78, 5) is 12.8. The number of carbonyl (C=O) groups excluding carboxylic acids is 1. The summed E-state index contributed by atoms with van der Waals surface area (Å²) in [6, 6.07) is 20.4. The number of sulfonamides is 1. The molecular formula is C23H19FN4O3S. The molecule has 0 bridgehead atoms. The molecule has 0 saturated carbocycles. The lowest BCUT2D eigenvalue weighted by Gasteiger charge is -2.13. The summed E-state index contributed by atoms with van der Waals surface area (Å²) in [6.07, 6.45) is 1.49. The SMILES string of the molecule is Cc1ccc(NC(=O)c2ccn(-c3ccccc3F)n2)cc1NS(=O)(=O)c1ccccc1. The molecule has 2 N–H and O–H groups in total. The van der Waals surface area contributed by atoms with E-state index in [1.165, 1.54) is 41.2 Å². The highest BCUT2D eigenvalue weighted by Gasteiger charge is 2.16. The summed E-state index contributed by atoms with van der Waals surface area (Å²) in [5, 5.41) is 6.82. The lowest BCUT2D eigenvalue weighted by atomic mass is 10.2. The molecule has 4 rings (SSSR count). The molecule has 0 spiro atoms. The van der Waals surface area contributed by atoms with Crippen molar-refractivity contribution in [1.29, 1.82) is 0 Å². The molecule has 32 heavy (non-hydrogen) atoms. The minimum Gasteiger partial charge on any atom is -0.321 e. The van der Waals surface area contributed by atoms with Crippen molar-refractivity contribution in [1.82, 2.24) is 9.78 Å². The second kappa shape index (κ2) is 8.64. The van der Waals surface area contributed by atoms with Gasteiger partial charge in [0.15, 0.2) is 5.69 Å². The first-order chi connectivity index (χ1) is 15.3. The van der Waals surface area contributed by atoms with Crippen molar-refractivity contribution in [2.45, 2.75) is 11.8 Å². The van der Waals surface area contributed by atoms with E-state index in [1.807, 2.05) is 0 Å². The zero-order chi connectivity index (χ0) is 22.7. The Morgan fingerprint density at radius 1 is 0.969 bits per heavy atom. The van der Waals surface area contributed by atoms with Crippen LogP contribution < -0.4 is 10.0 Å². The highest BCUT2D eigenvalue weighted by atomic mass is 32.2. The summed E-state index contributed by atoms with van der Waals surface area (Å²) < 4.78 is 43.0. The van der Waals surface area contributed by atoms with E-state index < -0.39 is 21.7 Å². The largest absolute Gasteiger partial charge is 0.321 e. The molecule has 1 heterocycles. The van der Waals surface area contributed by atoms with E-state index in [0.29, 0.717) is 16.9 Å². The van der Waals surface area contributed by atoms with Gasteiger partial charge in [0.05, 0.1) is 10.6 Å². The number of anilines is 2. The highest BCUT2D eigenvalue weighted by Crippen LogP contribution is 2.24. The van der Waals surface area contributed by atoms with Crippen molar-refractivity contribution < 1.29 is 17.6 Å². The van der Waals surface area contributed by atoms with Gasteiger partial charge in [0.25, 0.3) is 15.9 Å². The van der Waals surface area contributed by atoms with Gasteiger partial charge < -0.3 is 5.32 Å². The smallest absolute Gasteiger partial charge is 0.276 e. The van der Waals surface area contributed by atoms with Crippen LogP contribution in [-0.4, -0.2) is 24.1 Å². The van der Waals surface area contributed by atoms with Gasteiger partial charge in [-0.1, -0.05) is 36.4 Å². The molecule has 0 saturated heterocycles. The normalized spacial score (nSPS) is 11.2. The third kappa shape index (κ3) is 4.52. The fraction of sp³-hybridized carbons (Fsp3) is 0.0435. The van der Waals surface area contributed by atoms with Crippen molar-refractivity contribution in [3.8, 4) is 5.69 Å². The number of amides is 1. The Morgan fingerprint density at radius 3 is 2.44 bits per heavy atom. The van der Waals surface area contributed by atoms with Crippen LogP contribution in [0.4, 0.5) is 15.8 Å². The van der Waals surface area contributed by atoms with Gasteiger partial charge in [-0.2, -0.15) is 5.10 Å². The van der Waals surface area contributed by atoms with Gasteiger partial charge >= 0.3 is 0 Å². The lowest BCUT2D eigenvalue weighted by molar-refractivity contribution is 0.102. The van der Waals surface area contributed by atoms with Crippen molar-refractivity contribution in [2.24, 2.45) is 0 Å². The molecule has 162 valence electrons. The van der Waals surface area contributed by atoms with Crippen LogP contribution in [0.5, 0.6) is 0 Å². The number of benzene rings is 3.